The molecule has 0 aliphatic rings. The average Bonchev–Trinajstić information content (AvgIpc) is 2.47. The molecule has 0 atom stereocenters. The van der Waals surface area contributed by atoms with Crippen LogP contribution in [0, 0.1) is 0 Å². The summed E-state index contributed by atoms with van der Waals surface area (Å²) in [5, 5.41) is 11.3. The number of carbonyl (C=O) groups is 1. The Labute approximate surface area is 141 Å². The molecule has 0 fully saturated rings. The Balaban J connectivity index is 2.49. The topological polar surface area (TPSA) is 49.3 Å². The van der Waals surface area contributed by atoms with Crippen LogP contribution in [0.25, 0.3) is 0 Å². The summed E-state index contributed by atoms with van der Waals surface area (Å²) < 4.78 is 77.1. The first-order valence-corrected chi connectivity index (χ1v) is 6.85. The first-order chi connectivity index (χ1) is 11.4. The lowest BCUT2D eigenvalue weighted by Gasteiger charge is -2.16. The molecule has 10 heteroatoms. The molecule has 25 heavy (non-hydrogen) atoms. The van der Waals surface area contributed by atoms with E-state index >= 15 is 0 Å². The summed E-state index contributed by atoms with van der Waals surface area (Å²) in [6.07, 6.45) is -9.90. The third-order valence-electron chi connectivity index (χ3n) is 3.10. The molecule has 0 spiro atoms. The molecule has 0 saturated carbocycles. The van der Waals surface area contributed by atoms with Crippen LogP contribution in [0.5, 0.6) is 5.75 Å². The second-order valence-corrected chi connectivity index (χ2v) is 5.31. The third kappa shape index (κ3) is 4.36. The fourth-order valence-corrected chi connectivity index (χ4v) is 2.12. The Morgan fingerprint density at radius 2 is 1.60 bits per heavy atom. The highest BCUT2D eigenvalue weighted by atomic mass is 35.5. The molecule has 0 radical (unpaired) electrons. The Kier molecular flexibility index (Phi) is 4.90. The number of amides is 1. The number of hydrogen-bond donors (Lipinski definition) is 2. The van der Waals surface area contributed by atoms with E-state index < -0.39 is 46.4 Å². The summed E-state index contributed by atoms with van der Waals surface area (Å²) in [7, 11) is 0. The average molecular weight is 384 g/mol. The van der Waals surface area contributed by atoms with Gasteiger partial charge in [0.05, 0.1) is 22.4 Å². The van der Waals surface area contributed by atoms with Crippen molar-refractivity contribution in [3.8, 4) is 5.75 Å². The zero-order valence-electron chi connectivity index (χ0n) is 12.0. The lowest BCUT2D eigenvalue weighted by Crippen LogP contribution is -2.18. The van der Waals surface area contributed by atoms with Crippen molar-refractivity contribution in [2.75, 3.05) is 5.32 Å². The minimum absolute atomic E-state index is 0.00281. The van der Waals surface area contributed by atoms with Crippen molar-refractivity contribution in [3.63, 3.8) is 0 Å². The molecule has 2 aromatic carbocycles. The molecule has 1 amide bonds. The predicted octanol–water partition coefficient (Wildman–Crippen LogP) is 5.34. The molecule has 0 heterocycles. The van der Waals surface area contributed by atoms with Crippen LogP contribution in [0.2, 0.25) is 5.02 Å². The Morgan fingerprint density at radius 3 is 2.16 bits per heavy atom. The van der Waals surface area contributed by atoms with Gasteiger partial charge in [0.2, 0.25) is 0 Å². The van der Waals surface area contributed by atoms with E-state index in [1.165, 1.54) is 6.07 Å². The van der Waals surface area contributed by atoms with Gasteiger partial charge in [-0.2, -0.15) is 26.3 Å². The minimum atomic E-state index is -5.00. The summed E-state index contributed by atoms with van der Waals surface area (Å²) in [5.41, 5.74) is -4.41. The van der Waals surface area contributed by atoms with Crippen LogP contribution in [0.3, 0.4) is 0 Å². The fourth-order valence-electron chi connectivity index (χ4n) is 1.95. The van der Waals surface area contributed by atoms with Gasteiger partial charge in [0.1, 0.15) is 5.75 Å². The number of anilines is 1. The van der Waals surface area contributed by atoms with Gasteiger partial charge in [-0.1, -0.05) is 11.6 Å². The van der Waals surface area contributed by atoms with Gasteiger partial charge in [-0.25, -0.2) is 0 Å². The molecule has 0 saturated heterocycles. The molecule has 2 aromatic rings. The minimum Gasteiger partial charge on any atom is -0.507 e. The Bertz CT molecular complexity index is 817. The predicted molar refractivity (Wildman–Crippen MR) is 77.5 cm³/mol. The number of phenols is 1. The van der Waals surface area contributed by atoms with Crippen molar-refractivity contribution < 1.29 is 36.2 Å². The van der Waals surface area contributed by atoms with Gasteiger partial charge in [0, 0.05) is 5.02 Å². The summed E-state index contributed by atoms with van der Waals surface area (Å²) in [5.74, 6) is -1.84. The highest BCUT2D eigenvalue weighted by molar-refractivity contribution is 6.31. The largest absolute Gasteiger partial charge is 0.507 e. The molecule has 0 aliphatic carbocycles. The number of halogens is 7. The smallest absolute Gasteiger partial charge is 0.418 e. The van der Waals surface area contributed by atoms with E-state index in [9.17, 15) is 36.2 Å². The molecular formula is C15H8ClF6NO2. The number of alkyl halides is 6. The molecule has 134 valence electrons. The number of phenolic OH excluding ortho intramolecular Hbond substituents is 1. The second-order valence-electron chi connectivity index (χ2n) is 4.87. The number of benzene rings is 2. The SMILES string of the molecule is O=C(Nc1cc(C(F)(F)F)ccc1C(F)(F)F)c1cc(Cl)ccc1O. The summed E-state index contributed by atoms with van der Waals surface area (Å²) in [4.78, 5) is 12.0. The molecule has 0 unspecified atom stereocenters. The van der Waals surface area contributed by atoms with Crippen molar-refractivity contribution in [3.05, 3.63) is 58.1 Å². The Morgan fingerprint density at radius 1 is 0.960 bits per heavy atom. The standard InChI is InChI=1S/C15H8ClF6NO2/c16-8-2-4-12(24)9(6-8)13(25)23-11-5-7(14(17,18)19)1-3-10(11)15(20,21)22/h1-6,24H,(H,23,25). The number of nitrogens with one attached hydrogen (secondary N) is 1. The Hall–Kier alpha value is -2.42. The van der Waals surface area contributed by atoms with Crippen LogP contribution in [0.15, 0.2) is 36.4 Å². The molecule has 0 aromatic heterocycles. The van der Waals surface area contributed by atoms with Crippen molar-refractivity contribution in [2.24, 2.45) is 0 Å². The quantitative estimate of drug-likeness (QED) is 0.688. The van der Waals surface area contributed by atoms with Gasteiger partial charge in [-0.3, -0.25) is 4.79 Å². The fraction of sp³-hybridized carbons (Fsp3) is 0.133. The van der Waals surface area contributed by atoms with E-state index in [1.807, 2.05) is 0 Å². The lowest BCUT2D eigenvalue weighted by atomic mass is 10.1. The van der Waals surface area contributed by atoms with Crippen molar-refractivity contribution >= 4 is 23.2 Å². The first kappa shape index (κ1) is 18.9. The maximum atomic E-state index is 13.0. The van der Waals surface area contributed by atoms with Gasteiger partial charge in [0.15, 0.2) is 0 Å². The second kappa shape index (κ2) is 6.47. The van der Waals surface area contributed by atoms with E-state index in [-0.39, 0.29) is 23.2 Å². The maximum Gasteiger partial charge on any atom is 0.418 e. The molecular weight excluding hydrogens is 376 g/mol. The monoisotopic (exact) mass is 383 g/mol. The molecule has 2 rings (SSSR count). The maximum absolute atomic E-state index is 13.0. The third-order valence-corrected chi connectivity index (χ3v) is 3.34. The van der Waals surface area contributed by atoms with Crippen molar-refractivity contribution in [2.45, 2.75) is 12.4 Å². The molecule has 0 aliphatic heterocycles. The van der Waals surface area contributed by atoms with Crippen molar-refractivity contribution in [1.82, 2.24) is 0 Å². The van der Waals surface area contributed by atoms with E-state index in [2.05, 4.69) is 0 Å². The normalized spacial score (nSPS) is 12.1. The van der Waals surface area contributed by atoms with Crippen LogP contribution < -0.4 is 5.32 Å². The summed E-state index contributed by atoms with van der Waals surface area (Å²) >= 11 is 5.63. The molecule has 2 N–H and O–H groups in total. The van der Waals surface area contributed by atoms with Gasteiger partial charge < -0.3 is 10.4 Å². The van der Waals surface area contributed by atoms with Gasteiger partial charge in [0.25, 0.3) is 5.91 Å². The van der Waals surface area contributed by atoms with E-state index in [0.717, 1.165) is 12.1 Å². The molecule has 0 bridgehead atoms. The zero-order chi connectivity index (χ0) is 19.0. The highest BCUT2D eigenvalue weighted by Crippen LogP contribution is 2.39. The first-order valence-electron chi connectivity index (χ1n) is 6.48. The van der Waals surface area contributed by atoms with Gasteiger partial charge in [-0.15, -0.1) is 0 Å². The zero-order valence-corrected chi connectivity index (χ0v) is 12.7. The van der Waals surface area contributed by atoms with Crippen LogP contribution in [-0.4, -0.2) is 11.0 Å². The van der Waals surface area contributed by atoms with Crippen molar-refractivity contribution in [1.29, 1.82) is 0 Å². The van der Waals surface area contributed by atoms with Crippen LogP contribution in [0.1, 0.15) is 21.5 Å². The van der Waals surface area contributed by atoms with Gasteiger partial charge in [-0.05, 0) is 36.4 Å². The summed E-state index contributed by atoms with van der Waals surface area (Å²) in [6.45, 7) is 0. The van der Waals surface area contributed by atoms with E-state index in [1.54, 1.807) is 5.32 Å². The molecule has 3 nitrogen and oxygen atoms in total. The number of hydrogen-bond acceptors (Lipinski definition) is 2. The lowest BCUT2D eigenvalue weighted by molar-refractivity contribution is -0.140. The van der Waals surface area contributed by atoms with Crippen LogP contribution in [-0.2, 0) is 12.4 Å². The number of carbonyl (C=O) groups excluding carboxylic acids is 1. The van der Waals surface area contributed by atoms with E-state index in [4.69, 9.17) is 11.6 Å². The number of rotatable bonds is 2. The highest BCUT2D eigenvalue weighted by Gasteiger charge is 2.37. The number of aromatic hydroxyl groups is 1. The summed E-state index contributed by atoms with van der Waals surface area (Å²) in [6, 6.07) is 3.86. The van der Waals surface area contributed by atoms with Crippen LogP contribution in [0.4, 0.5) is 32.0 Å². The van der Waals surface area contributed by atoms with Crippen LogP contribution >= 0.6 is 11.6 Å². The van der Waals surface area contributed by atoms with E-state index in [0.29, 0.717) is 0 Å². The van der Waals surface area contributed by atoms with Gasteiger partial charge >= 0.3 is 12.4 Å².